The Labute approximate surface area is 175 Å². The van der Waals surface area contributed by atoms with Crippen molar-refractivity contribution in [2.45, 2.75) is 38.8 Å². The highest BCUT2D eigenvalue weighted by Gasteiger charge is 2.17. The summed E-state index contributed by atoms with van der Waals surface area (Å²) in [4.78, 5) is 17.1. The van der Waals surface area contributed by atoms with Gasteiger partial charge in [0.25, 0.3) is 0 Å². The Kier molecular flexibility index (Phi) is 5.02. The average molecular weight is 403 g/mol. The van der Waals surface area contributed by atoms with Crippen molar-refractivity contribution in [2.75, 3.05) is 13.1 Å². The van der Waals surface area contributed by atoms with Crippen LogP contribution in [0.4, 0.5) is 0 Å². The smallest absolute Gasteiger partial charge is 0.142 e. The maximum Gasteiger partial charge on any atom is 0.142 e. The van der Waals surface area contributed by atoms with Crippen LogP contribution < -0.4 is 11.1 Å². The number of pyridine rings is 1. The number of rotatable bonds is 5. The molecule has 1 fully saturated rings. The first-order valence-corrected chi connectivity index (χ1v) is 10.5. The molecule has 0 amide bonds. The van der Waals surface area contributed by atoms with Crippen molar-refractivity contribution in [2.24, 2.45) is 5.73 Å². The predicted octanol–water partition coefficient (Wildman–Crippen LogP) is 2.83. The zero-order valence-electron chi connectivity index (χ0n) is 17.1. The van der Waals surface area contributed by atoms with E-state index in [1.807, 2.05) is 24.7 Å². The van der Waals surface area contributed by atoms with Gasteiger partial charge in [0.15, 0.2) is 0 Å². The van der Waals surface area contributed by atoms with Gasteiger partial charge in [-0.15, -0.1) is 0 Å². The first-order valence-electron chi connectivity index (χ1n) is 10.5. The van der Waals surface area contributed by atoms with Crippen molar-refractivity contribution in [1.29, 1.82) is 0 Å². The minimum Gasteiger partial charge on any atom is -0.345 e. The Balaban J connectivity index is 1.53. The van der Waals surface area contributed by atoms with Gasteiger partial charge in [-0.05, 0) is 44.5 Å². The maximum absolute atomic E-state index is 5.81. The molecule has 1 aliphatic heterocycles. The van der Waals surface area contributed by atoms with E-state index in [0.29, 0.717) is 18.4 Å². The summed E-state index contributed by atoms with van der Waals surface area (Å²) < 4.78 is 2.10. The van der Waals surface area contributed by atoms with Crippen molar-refractivity contribution in [3.63, 3.8) is 0 Å². The fourth-order valence-electron chi connectivity index (χ4n) is 4.09. The molecule has 8 nitrogen and oxygen atoms in total. The molecule has 4 N–H and O–H groups in total. The Morgan fingerprint density at radius 2 is 2.00 bits per heavy atom. The van der Waals surface area contributed by atoms with Gasteiger partial charge in [-0.2, -0.15) is 5.10 Å². The number of fused-ring (bicyclic) bond motifs is 1. The van der Waals surface area contributed by atoms with Crippen LogP contribution in [0.2, 0.25) is 0 Å². The SMILES string of the molecule is CCc1cc(-c2c[nH]c3ncc(-c4cnn(C5CCNCC5)c4)cc23)nc(CN)n1. The van der Waals surface area contributed by atoms with Crippen LogP contribution in [-0.2, 0) is 13.0 Å². The number of hydrogen-bond acceptors (Lipinski definition) is 6. The van der Waals surface area contributed by atoms with Crippen molar-refractivity contribution < 1.29 is 0 Å². The fraction of sp³-hybridized carbons (Fsp3) is 0.364. The number of aryl methyl sites for hydroxylation is 1. The second kappa shape index (κ2) is 7.97. The first-order chi connectivity index (χ1) is 14.7. The maximum atomic E-state index is 5.81. The van der Waals surface area contributed by atoms with E-state index in [1.165, 1.54) is 0 Å². The highest BCUT2D eigenvalue weighted by atomic mass is 15.3. The zero-order chi connectivity index (χ0) is 20.5. The minimum atomic E-state index is 0.322. The monoisotopic (exact) mass is 402 g/mol. The second-order valence-corrected chi connectivity index (χ2v) is 7.73. The van der Waals surface area contributed by atoms with E-state index >= 15 is 0 Å². The van der Waals surface area contributed by atoms with Crippen LogP contribution in [0.5, 0.6) is 0 Å². The van der Waals surface area contributed by atoms with Gasteiger partial charge in [0, 0.05) is 46.4 Å². The highest BCUT2D eigenvalue weighted by Crippen LogP contribution is 2.31. The summed E-state index contributed by atoms with van der Waals surface area (Å²) in [7, 11) is 0. The van der Waals surface area contributed by atoms with Crippen molar-refractivity contribution in [3.05, 3.63) is 48.4 Å². The average Bonchev–Trinajstić information content (AvgIpc) is 3.46. The lowest BCUT2D eigenvalue weighted by molar-refractivity contribution is 0.343. The van der Waals surface area contributed by atoms with Gasteiger partial charge in [0.05, 0.1) is 24.5 Å². The van der Waals surface area contributed by atoms with E-state index in [4.69, 9.17) is 5.73 Å². The van der Waals surface area contributed by atoms with Gasteiger partial charge in [-0.3, -0.25) is 4.68 Å². The molecule has 30 heavy (non-hydrogen) atoms. The van der Waals surface area contributed by atoms with Crippen molar-refractivity contribution >= 4 is 11.0 Å². The van der Waals surface area contributed by atoms with E-state index in [0.717, 1.165) is 71.5 Å². The number of nitrogens with two attached hydrogens (primary N) is 1. The summed E-state index contributed by atoms with van der Waals surface area (Å²) in [5, 5.41) is 9.07. The lowest BCUT2D eigenvalue weighted by Crippen LogP contribution is -2.29. The summed E-state index contributed by atoms with van der Waals surface area (Å²) in [5.74, 6) is 0.658. The number of H-pyrrole nitrogens is 1. The number of nitrogens with zero attached hydrogens (tertiary/aromatic N) is 5. The molecule has 4 aromatic heterocycles. The number of hydrogen-bond donors (Lipinski definition) is 3. The second-order valence-electron chi connectivity index (χ2n) is 7.73. The molecule has 154 valence electrons. The molecule has 0 radical (unpaired) electrons. The van der Waals surface area contributed by atoms with Gasteiger partial charge in [-0.1, -0.05) is 6.92 Å². The van der Waals surface area contributed by atoms with Crippen molar-refractivity contribution in [1.82, 2.24) is 35.0 Å². The van der Waals surface area contributed by atoms with Gasteiger partial charge in [-0.25, -0.2) is 15.0 Å². The summed E-state index contributed by atoms with van der Waals surface area (Å²) in [6.07, 6.45) is 11.0. The molecule has 0 bridgehead atoms. The molecule has 0 unspecified atom stereocenters. The van der Waals surface area contributed by atoms with Crippen LogP contribution in [0.3, 0.4) is 0 Å². The molecule has 8 heteroatoms. The number of aromatic nitrogens is 6. The Bertz CT molecular complexity index is 1150. The van der Waals surface area contributed by atoms with E-state index < -0.39 is 0 Å². The van der Waals surface area contributed by atoms with Gasteiger partial charge in [0.2, 0.25) is 0 Å². The van der Waals surface area contributed by atoms with Crippen LogP contribution in [0, 0.1) is 0 Å². The van der Waals surface area contributed by atoms with Crippen molar-refractivity contribution in [3.8, 4) is 22.4 Å². The number of aromatic amines is 1. The topological polar surface area (TPSA) is 110 Å². The summed E-state index contributed by atoms with van der Waals surface area (Å²) in [6, 6.07) is 4.65. The van der Waals surface area contributed by atoms with Gasteiger partial charge < -0.3 is 16.0 Å². The Morgan fingerprint density at radius 1 is 1.13 bits per heavy atom. The molecule has 0 saturated carbocycles. The van der Waals surface area contributed by atoms with Gasteiger partial charge >= 0.3 is 0 Å². The summed E-state index contributed by atoms with van der Waals surface area (Å²) in [5.41, 5.74) is 11.7. The van der Waals surface area contributed by atoms with Crippen LogP contribution in [0.25, 0.3) is 33.4 Å². The number of piperidine rings is 1. The largest absolute Gasteiger partial charge is 0.345 e. The molecular formula is C22H26N8. The third kappa shape index (κ3) is 3.48. The van der Waals surface area contributed by atoms with Crippen LogP contribution in [0.1, 0.15) is 37.3 Å². The lowest BCUT2D eigenvalue weighted by atomic mass is 10.1. The predicted molar refractivity (Wildman–Crippen MR) is 117 cm³/mol. The van der Waals surface area contributed by atoms with E-state index in [9.17, 15) is 0 Å². The van der Waals surface area contributed by atoms with Crippen LogP contribution in [-0.4, -0.2) is 42.8 Å². The Hall–Kier alpha value is -3.10. The molecule has 0 aromatic carbocycles. The molecular weight excluding hydrogens is 376 g/mol. The Morgan fingerprint density at radius 3 is 2.80 bits per heavy atom. The third-order valence-electron chi connectivity index (χ3n) is 5.79. The molecule has 1 saturated heterocycles. The van der Waals surface area contributed by atoms with E-state index in [-0.39, 0.29) is 0 Å². The van der Waals surface area contributed by atoms with Crippen LogP contribution >= 0.6 is 0 Å². The lowest BCUT2D eigenvalue weighted by Gasteiger charge is -2.22. The fourth-order valence-corrected chi connectivity index (χ4v) is 4.09. The third-order valence-corrected chi connectivity index (χ3v) is 5.79. The van der Waals surface area contributed by atoms with Gasteiger partial charge in [0.1, 0.15) is 11.5 Å². The zero-order valence-corrected chi connectivity index (χ0v) is 17.1. The molecule has 5 rings (SSSR count). The summed E-state index contributed by atoms with van der Waals surface area (Å²) >= 11 is 0. The molecule has 5 heterocycles. The van der Waals surface area contributed by atoms with E-state index in [2.05, 4.69) is 54.2 Å². The standard InChI is InChI=1S/C22H26N8/c1-2-16-8-20(29-21(9-23)28-16)19-12-26-22-18(19)7-14(10-25-22)15-11-27-30(13-15)17-3-5-24-6-4-17/h7-8,10-13,17,24H,2-6,9,23H2,1H3,(H,25,26). The summed E-state index contributed by atoms with van der Waals surface area (Å²) in [6.45, 7) is 4.50. The molecule has 0 aliphatic carbocycles. The minimum absolute atomic E-state index is 0.322. The molecule has 1 aliphatic rings. The molecule has 0 atom stereocenters. The van der Waals surface area contributed by atoms with E-state index in [1.54, 1.807) is 0 Å². The first kappa shape index (κ1) is 18.9. The number of nitrogens with one attached hydrogen (secondary N) is 2. The normalized spacial score (nSPS) is 15.1. The highest BCUT2D eigenvalue weighted by molar-refractivity contribution is 5.94. The molecule has 0 spiro atoms. The molecule has 4 aromatic rings. The quantitative estimate of drug-likeness (QED) is 0.473. The van der Waals surface area contributed by atoms with Crippen LogP contribution in [0.15, 0.2) is 36.9 Å².